The summed E-state index contributed by atoms with van der Waals surface area (Å²) in [7, 11) is 0. The van der Waals surface area contributed by atoms with Gasteiger partial charge in [0.15, 0.2) is 5.60 Å². The maximum atomic E-state index is 14.2. The van der Waals surface area contributed by atoms with Crippen LogP contribution in [0.2, 0.25) is 0 Å². The zero-order chi connectivity index (χ0) is 23.5. The number of aliphatic hydroxyl groups is 1. The molecule has 7 nitrogen and oxygen atoms in total. The largest absolute Gasteiger partial charge is 0.458 e. The molecule has 5 rings (SSSR count). The number of ether oxygens (including phenoxy) is 1. The van der Waals surface area contributed by atoms with Crippen molar-refractivity contribution in [3.8, 4) is 0 Å². The lowest BCUT2D eigenvalue weighted by Crippen LogP contribution is -2.44. The van der Waals surface area contributed by atoms with Crippen LogP contribution >= 0.6 is 22.6 Å². The van der Waals surface area contributed by atoms with Gasteiger partial charge in [-0.3, -0.25) is 4.79 Å². The predicted octanol–water partition coefficient (Wildman–Crippen LogP) is 2.97. The van der Waals surface area contributed by atoms with E-state index in [4.69, 9.17) is 4.74 Å². The lowest BCUT2D eigenvalue weighted by atomic mass is 9.87. The molecular weight excluding hydrogens is 542 g/mol. The van der Waals surface area contributed by atoms with E-state index in [0.29, 0.717) is 22.1 Å². The Balaban J connectivity index is 1.63. The Bertz CT molecular complexity index is 1360. The highest BCUT2D eigenvalue weighted by Gasteiger charge is 2.44. The minimum absolute atomic E-state index is 0.0860. The quantitative estimate of drug-likeness (QED) is 0.352. The molecule has 9 heteroatoms. The number of rotatable bonds is 3. The Morgan fingerprint density at radius 1 is 1.33 bits per heavy atom. The van der Waals surface area contributed by atoms with Gasteiger partial charge in [0.2, 0.25) is 0 Å². The van der Waals surface area contributed by atoms with E-state index in [1.165, 1.54) is 16.7 Å². The zero-order valence-corrected chi connectivity index (χ0v) is 19.9. The molecule has 0 aliphatic carbocycles. The number of nitrogens with zero attached hydrogens (tertiary/aromatic N) is 2. The molecular formula is C24H20FIN2O5. The van der Waals surface area contributed by atoms with Gasteiger partial charge in [-0.05, 0) is 65.6 Å². The summed E-state index contributed by atoms with van der Waals surface area (Å²) >= 11 is 2.05. The molecule has 0 bridgehead atoms. The van der Waals surface area contributed by atoms with E-state index in [0.717, 1.165) is 23.4 Å². The third kappa shape index (κ3) is 3.21. The van der Waals surface area contributed by atoms with Crippen molar-refractivity contribution in [2.45, 2.75) is 44.9 Å². The van der Waals surface area contributed by atoms with Crippen LogP contribution in [0.3, 0.4) is 0 Å². The number of allylic oxidation sites excluding steroid dienone is 3. The van der Waals surface area contributed by atoms with E-state index in [2.05, 4.69) is 22.6 Å². The van der Waals surface area contributed by atoms with Gasteiger partial charge in [-0.25, -0.2) is 14.0 Å². The molecule has 1 aromatic heterocycles. The number of aromatic nitrogens is 1. The maximum absolute atomic E-state index is 14.2. The van der Waals surface area contributed by atoms with E-state index < -0.39 is 17.4 Å². The fraction of sp³-hybridized carbons (Fsp3) is 0.333. The summed E-state index contributed by atoms with van der Waals surface area (Å²) in [5, 5.41) is 10.8. The van der Waals surface area contributed by atoms with Crippen molar-refractivity contribution in [3.63, 3.8) is 0 Å². The van der Waals surface area contributed by atoms with Crippen molar-refractivity contribution in [2.24, 2.45) is 0 Å². The predicted molar refractivity (Wildman–Crippen MR) is 127 cm³/mol. The zero-order valence-electron chi connectivity index (χ0n) is 17.8. The van der Waals surface area contributed by atoms with Gasteiger partial charge in [0.25, 0.3) is 5.56 Å². The summed E-state index contributed by atoms with van der Waals surface area (Å²) in [6.45, 7) is 2.27. The van der Waals surface area contributed by atoms with Crippen LogP contribution in [0.5, 0.6) is 0 Å². The summed E-state index contributed by atoms with van der Waals surface area (Å²) in [5.41, 5.74) is 1.44. The Hall–Kier alpha value is -2.75. The first-order valence-electron chi connectivity index (χ1n) is 10.7. The van der Waals surface area contributed by atoms with E-state index in [9.17, 15) is 23.9 Å². The van der Waals surface area contributed by atoms with Crippen LogP contribution in [0.25, 0.3) is 5.57 Å². The first-order chi connectivity index (χ1) is 15.8. The molecule has 3 aliphatic heterocycles. The number of hydrogen-bond donors (Lipinski definition) is 1. The molecule has 1 atom stereocenters. The number of halogens is 2. The molecule has 33 heavy (non-hydrogen) atoms. The lowest BCUT2D eigenvalue weighted by Gasteiger charge is -2.39. The van der Waals surface area contributed by atoms with Gasteiger partial charge in [-0.15, -0.1) is 0 Å². The summed E-state index contributed by atoms with van der Waals surface area (Å²) in [6.07, 6.45) is 3.14. The van der Waals surface area contributed by atoms with Crippen LogP contribution in [0.1, 0.15) is 42.0 Å². The molecule has 0 amide bonds. The van der Waals surface area contributed by atoms with Gasteiger partial charge < -0.3 is 19.3 Å². The number of hydrogen-bond acceptors (Lipinski definition) is 6. The number of fused-ring (bicyclic) bond motifs is 1. The number of esters is 1. The second-order valence-corrected chi connectivity index (χ2v) is 9.46. The molecule has 0 spiro atoms. The standard InChI is InChI=1S/C24H20FIN2O5/c1-2-24(32)18-5-7-27(22(30)17(18)12-33-23(24)31)10-19-20(26)16(11-29)15-9-14(25)8-13-4-3-6-28(19)21(13)15/h5,7-9,32H,2-4,6,10,12H2,1H3/t24-/m0/s1. The highest BCUT2D eigenvalue weighted by atomic mass is 127. The fourth-order valence-electron chi connectivity index (χ4n) is 4.94. The van der Waals surface area contributed by atoms with Crippen molar-refractivity contribution in [2.75, 3.05) is 11.4 Å². The summed E-state index contributed by atoms with van der Waals surface area (Å²) in [6, 6.07) is 4.43. The lowest BCUT2D eigenvalue weighted by molar-refractivity contribution is -0.172. The van der Waals surface area contributed by atoms with Gasteiger partial charge >= 0.3 is 5.97 Å². The molecule has 1 N–H and O–H groups in total. The van der Waals surface area contributed by atoms with E-state index in [1.807, 2.05) is 10.8 Å². The molecule has 0 fully saturated rings. The van der Waals surface area contributed by atoms with E-state index >= 15 is 0 Å². The highest BCUT2D eigenvalue weighted by Crippen LogP contribution is 2.46. The number of cyclic esters (lactones) is 1. The molecule has 4 heterocycles. The molecule has 2 aromatic rings. The van der Waals surface area contributed by atoms with Gasteiger partial charge in [0, 0.05) is 23.9 Å². The minimum Gasteiger partial charge on any atom is -0.458 e. The van der Waals surface area contributed by atoms with Gasteiger partial charge in [0.1, 0.15) is 18.4 Å². The number of carbonyl (C=O) groups excluding carboxylic acids is 2. The number of benzene rings is 1. The first-order valence-corrected chi connectivity index (χ1v) is 11.7. The number of carbonyl (C=O) groups is 1. The monoisotopic (exact) mass is 562 g/mol. The van der Waals surface area contributed by atoms with Crippen LogP contribution in [-0.4, -0.2) is 28.1 Å². The van der Waals surface area contributed by atoms with E-state index in [-0.39, 0.29) is 41.8 Å². The third-order valence-electron chi connectivity index (χ3n) is 6.65. The molecule has 0 saturated carbocycles. The molecule has 0 saturated heterocycles. The molecule has 3 aliphatic rings. The summed E-state index contributed by atoms with van der Waals surface area (Å²) < 4.78 is 21.4. The van der Waals surface area contributed by atoms with Crippen molar-refractivity contribution in [1.82, 2.24) is 4.57 Å². The molecule has 170 valence electrons. The summed E-state index contributed by atoms with van der Waals surface area (Å²) in [5.74, 6) is 0.813. The Morgan fingerprint density at radius 3 is 2.85 bits per heavy atom. The second-order valence-electron chi connectivity index (χ2n) is 8.38. The minimum atomic E-state index is -1.84. The number of anilines is 1. The van der Waals surface area contributed by atoms with Crippen LogP contribution in [-0.2, 0) is 39.5 Å². The molecule has 0 unspecified atom stereocenters. The van der Waals surface area contributed by atoms with Gasteiger partial charge in [-0.2, -0.15) is 0 Å². The average Bonchev–Trinajstić information content (AvgIpc) is 2.80. The van der Waals surface area contributed by atoms with Gasteiger partial charge in [0.05, 0.1) is 32.6 Å². The van der Waals surface area contributed by atoms with Gasteiger partial charge in [-0.1, -0.05) is 6.92 Å². The van der Waals surface area contributed by atoms with Crippen molar-refractivity contribution in [3.05, 3.63) is 72.1 Å². The second kappa shape index (κ2) is 7.93. The number of aryl methyl sites for hydroxylation is 1. The topological polar surface area (TPSA) is 88.8 Å². The summed E-state index contributed by atoms with van der Waals surface area (Å²) in [4.78, 5) is 39.4. The maximum Gasteiger partial charge on any atom is 0.343 e. The van der Waals surface area contributed by atoms with Crippen molar-refractivity contribution in [1.29, 1.82) is 0 Å². The van der Waals surface area contributed by atoms with Crippen molar-refractivity contribution < 1.29 is 23.8 Å². The van der Waals surface area contributed by atoms with Crippen LogP contribution in [0.15, 0.2) is 38.5 Å². The van der Waals surface area contributed by atoms with Crippen LogP contribution in [0.4, 0.5) is 10.1 Å². The van der Waals surface area contributed by atoms with Crippen LogP contribution < -0.4 is 10.5 Å². The first kappa shape index (κ1) is 22.1. The third-order valence-corrected chi connectivity index (χ3v) is 7.81. The van der Waals surface area contributed by atoms with Crippen molar-refractivity contribution >= 4 is 45.8 Å². The smallest absolute Gasteiger partial charge is 0.343 e. The van der Waals surface area contributed by atoms with E-state index in [1.54, 1.807) is 19.2 Å². The fourth-order valence-corrected chi connectivity index (χ4v) is 5.80. The normalized spacial score (nSPS) is 21.4. The SMILES string of the molecule is CC[C@@]1(O)C(=O)OCc2c1ccn(CC1=C(I)C(=C=O)c3cc(F)cc4c3N1CCC4)c2=O. The highest BCUT2D eigenvalue weighted by molar-refractivity contribution is 14.1. The average molecular weight is 562 g/mol. The van der Waals surface area contributed by atoms with Crippen LogP contribution in [0, 0.1) is 5.82 Å². The Morgan fingerprint density at radius 2 is 2.12 bits per heavy atom. The molecule has 1 aromatic carbocycles. The Labute approximate surface area is 202 Å². The Kier molecular flexibility index (Phi) is 5.30. The molecule has 0 radical (unpaired) electrons. The number of pyridine rings is 1.